The number of methoxy groups -OCH3 is 2. The van der Waals surface area contributed by atoms with Crippen LogP contribution in [0.1, 0.15) is 22.6 Å². The molecule has 0 saturated carbocycles. The summed E-state index contributed by atoms with van der Waals surface area (Å²) in [4.78, 5) is 13.3. The van der Waals surface area contributed by atoms with Crippen molar-refractivity contribution >= 4 is 11.0 Å². The first kappa shape index (κ1) is 17.9. The monoisotopic (exact) mass is 372 g/mol. The highest BCUT2D eigenvalue weighted by atomic mass is 16.5. The van der Waals surface area contributed by atoms with Gasteiger partial charge in [0.05, 0.1) is 25.9 Å². The van der Waals surface area contributed by atoms with Crippen molar-refractivity contribution in [2.45, 2.75) is 5.92 Å². The first-order valence-corrected chi connectivity index (χ1v) is 8.99. The number of rotatable bonds is 5. The quantitative estimate of drug-likeness (QED) is 0.495. The number of fused-ring (bicyclic) bond motifs is 1. The molecule has 0 aliphatic carbocycles. The van der Waals surface area contributed by atoms with Gasteiger partial charge in [0.25, 0.3) is 0 Å². The van der Waals surface area contributed by atoms with Crippen LogP contribution in [-0.2, 0) is 0 Å². The second-order valence-corrected chi connectivity index (χ2v) is 6.50. The highest BCUT2D eigenvalue weighted by molar-refractivity contribution is 5.77. The molecule has 4 rings (SSSR count). The van der Waals surface area contributed by atoms with E-state index >= 15 is 0 Å². The highest BCUT2D eigenvalue weighted by Crippen LogP contribution is 2.33. The Bertz CT molecular complexity index is 1090. The van der Waals surface area contributed by atoms with Gasteiger partial charge in [0.15, 0.2) is 5.43 Å². The summed E-state index contributed by atoms with van der Waals surface area (Å²) >= 11 is 0. The van der Waals surface area contributed by atoms with E-state index in [0.29, 0.717) is 16.5 Å². The van der Waals surface area contributed by atoms with Crippen LogP contribution in [0.3, 0.4) is 0 Å². The smallest absolute Gasteiger partial charge is 0.196 e. The lowest BCUT2D eigenvalue weighted by Crippen LogP contribution is -2.15. The zero-order valence-corrected chi connectivity index (χ0v) is 15.7. The van der Waals surface area contributed by atoms with Crippen molar-refractivity contribution in [3.63, 3.8) is 0 Å². The number of hydrogen-bond acceptors (Lipinski definition) is 4. The molecule has 0 saturated heterocycles. The second-order valence-electron chi connectivity index (χ2n) is 6.50. The Morgan fingerprint density at radius 2 is 1.29 bits per heavy atom. The molecule has 0 spiro atoms. The standard InChI is InChI=1S/C24H20O4/c1-26-18-11-7-16(8-12-18)23(17-9-13-19(27-2)14-10-17)21-15-28-22-6-4-3-5-20(22)24(21)25/h3-15,23H,1-2H3. The van der Waals surface area contributed by atoms with Crippen molar-refractivity contribution in [3.8, 4) is 11.5 Å². The van der Waals surface area contributed by atoms with Crippen LogP contribution < -0.4 is 14.9 Å². The van der Waals surface area contributed by atoms with Crippen LogP contribution in [0.25, 0.3) is 11.0 Å². The number of hydrogen-bond donors (Lipinski definition) is 0. The van der Waals surface area contributed by atoms with Crippen molar-refractivity contribution in [3.05, 3.63) is 106 Å². The minimum atomic E-state index is -0.266. The normalized spacial score (nSPS) is 11.0. The summed E-state index contributed by atoms with van der Waals surface area (Å²) in [6.45, 7) is 0. The Morgan fingerprint density at radius 1 is 0.750 bits per heavy atom. The summed E-state index contributed by atoms with van der Waals surface area (Å²) in [5.41, 5.74) is 3.11. The second kappa shape index (κ2) is 7.61. The molecule has 0 aliphatic heterocycles. The molecule has 0 unspecified atom stereocenters. The molecule has 0 N–H and O–H groups in total. The zero-order valence-electron chi connectivity index (χ0n) is 15.7. The van der Waals surface area contributed by atoms with E-state index in [1.165, 1.54) is 0 Å². The maximum Gasteiger partial charge on any atom is 0.196 e. The molecule has 1 heterocycles. The Kier molecular flexibility index (Phi) is 4.85. The van der Waals surface area contributed by atoms with Gasteiger partial charge < -0.3 is 13.9 Å². The molecule has 0 atom stereocenters. The summed E-state index contributed by atoms with van der Waals surface area (Å²) in [6, 6.07) is 22.8. The van der Waals surface area contributed by atoms with E-state index in [2.05, 4.69) is 0 Å². The van der Waals surface area contributed by atoms with Gasteiger partial charge >= 0.3 is 0 Å². The molecule has 4 heteroatoms. The lowest BCUT2D eigenvalue weighted by atomic mass is 9.85. The third kappa shape index (κ3) is 3.25. The topological polar surface area (TPSA) is 48.7 Å². The van der Waals surface area contributed by atoms with Crippen LogP contribution in [0.15, 0.2) is 88.3 Å². The van der Waals surface area contributed by atoms with Crippen molar-refractivity contribution in [2.75, 3.05) is 14.2 Å². The summed E-state index contributed by atoms with van der Waals surface area (Å²) in [5, 5.41) is 0.576. The zero-order chi connectivity index (χ0) is 19.5. The predicted molar refractivity (Wildman–Crippen MR) is 109 cm³/mol. The van der Waals surface area contributed by atoms with E-state index in [1.807, 2.05) is 60.7 Å². The fourth-order valence-electron chi connectivity index (χ4n) is 3.44. The Balaban J connectivity index is 1.91. The van der Waals surface area contributed by atoms with Gasteiger partial charge in [-0.15, -0.1) is 0 Å². The minimum absolute atomic E-state index is 0.0292. The molecule has 4 nitrogen and oxygen atoms in total. The first-order chi connectivity index (χ1) is 13.7. The average Bonchev–Trinajstić information content (AvgIpc) is 2.76. The number of benzene rings is 3. The molecule has 4 aromatic rings. The Labute approximate surface area is 163 Å². The van der Waals surface area contributed by atoms with Gasteiger partial charge in [0.2, 0.25) is 0 Å². The number of para-hydroxylation sites is 1. The van der Waals surface area contributed by atoms with Crippen LogP contribution in [0.4, 0.5) is 0 Å². The van der Waals surface area contributed by atoms with Crippen molar-refractivity contribution < 1.29 is 13.9 Å². The van der Waals surface area contributed by atoms with Crippen LogP contribution in [0, 0.1) is 0 Å². The van der Waals surface area contributed by atoms with Crippen LogP contribution in [-0.4, -0.2) is 14.2 Å². The minimum Gasteiger partial charge on any atom is -0.497 e. The maximum atomic E-state index is 13.3. The maximum absolute atomic E-state index is 13.3. The van der Waals surface area contributed by atoms with Gasteiger partial charge in [-0.05, 0) is 47.5 Å². The average molecular weight is 372 g/mol. The predicted octanol–water partition coefficient (Wildman–Crippen LogP) is 4.99. The molecule has 0 radical (unpaired) electrons. The molecule has 0 bridgehead atoms. The fraction of sp³-hybridized carbons (Fsp3) is 0.125. The molecule has 0 amide bonds. The lowest BCUT2D eigenvalue weighted by molar-refractivity contribution is 0.414. The molecular formula is C24H20O4. The van der Waals surface area contributed by atoms with Crippen molar-refractivity contribution in [1.82, 2.24) is 0 Å². The van der Waals surface area contributed by atoms with Gasteiger partial charge in [0.1, 0.15) is 17.1 Å². The summed E-state index contributed by atoms with van der Waals surface area (Å²) in [5.74, 6) is 1.27. The summed E-state index contributed by atoms with van der Waals surface area (Å²) < 4.78 is 16.3. The number of ether oxygens (including phenoxy) is 2. The lowest BCUT2D eigenvalue weighted by Gasteiger charge is -2.19. The van der Waals surface area contributed by atoms with E-state index in [1.54, 1.807) is 32.6 Å². The molecule has 0 fully saturated rings. The van der Waals surface area contributed by atoms with Gasteiger partial charge in [-0.25, -0.2) is 0 Å². The van der Waals surface area contributed by atoms with Gasteiger partial charge in [-0.3, -0.25) is 4.79 Å². The van der Waals surface area contributed by atoms with E-state index in [0.717, 1.165) is 22.6 Å². The van der Waals surface area contributed by atoms with E-state index in [-0.39, 0.29) is 11.3 Å². The van der Waals surface area contributed by atoms with Crippen LogP contribution >= 0.6 is 0 Å². The molecule has 28 heavy (non-hydrogen) atoms. The van der Waals surface area contributed by atoms with Crippen molar-refractivity contribution in [1.29, 1.82) is 0 Å². The SMILES string of the molecule is COc1ccc(C(c2ccc(OC)cc2)c2coc3ccccc3c2=O)cc1. The third-order valence-electron chi connectivity index (χ3n) is 4.92. The van der Waals surface area contributed by atoms with Crippen LogP contribution in [0.5, 0.6) is 11.5 Å². The van der Waals surface area contributed by atoms with E-state index in [9.17, 15) is 4.79 Å². The molecule has 1 aromatic heterocycles. The Morgan fingerprint density at radius 3 is 1.82 bits per heavy atom. The van der Waals surface area contributed by atoms with Gasteiger partial charge in [-0.2, -0.15) is 0 Å². The third-order valence-corrected chi connectivity index (χ3v) is 4.92. The highest BCUT2D eigenvalue weighted by Gasteiger charge is 2.22. The first-order valence-electron chi connectivity index (χ1n) is 8.99. The van der Waals surface area contributed by atoms with Gasteiger partial charge in [0, 0.05) is 11.5 Å². The Hall–Kier alpha value is -3.53. The van der Waals surface area contributed by atoms with E-state index in [4.69, 9.17) is 13.9 Å². The van der Waals surface area contributed by atoms with Crippen molar-refractivity contribution in [2.24, 2.45) is 0 Å². The molecule has 140 valence electrons. The van der Waals surface area contributed by atoms with Gasteiger partial charge in [-0.1, -0.05) is 36.4 Å². The van der Waals surface area contributed by atoms with Crippen LogP contribution in [0.2, 0.25) is 0 Å². The van der Waals surface area contributed by atoms with E-state index < -0.39 is 0 Å². The molecular weight excluding hydrogens is 352 g/mol. The summed E-state index contributed by atoms with van der Waals surface area (Å²) in [7, 11) is 3.27. The molecule has 3 aromatic carbocycles. The fourth-order valence-corrected chi connectivity index (χ4v) is 3.44. The summed E-state index contributed by atoms with van der Waals surface area (Å²) in [6.07, 6.45) is 1.57. The molecule has 0 aliphatic rings. The largest absolute Gasteiger partial charge is 0.497 e.